The van der Waals surface area contributed by atoms with Crippen molar-refractivity contribution < 1.29 is 4.84 Å². The molecule has 0 aliphatic rings. The van der Waals surface area contributed by atoms with E-state index in [0.29, 0.717) is 11.4 Å². The third-order valence-corrected chi connectivity index (χ3v) is 2.45. The summed E-state index contributed by atoms with van der Waals surface area (Å²) in [5.41, 5.74) is 1.10. The fraction of sp³-hybridized carbons (Fsp3) is 0.0769. The summed E-state index contributed by atoms with van der Waals surface area (Å²) in [5, 5.41) is 12.6. The monoisotopic (exact) mass is 215 g/mol. The molecule has 0 aliphatic carbocycles. The number of nitrogens with zero attached hydrogens (tertiary/aromatic N) is 1. The van der Waals surface area contributed by atoms with Gasteiger partial charge in [-0.3, -0.25) is 0 Å². The molecule has 2 rings (SSSR count). The van der Waals surface area contributed by atoms with Crippen LogP contribution in [0.3, 0.4) is 0 Å². The molecule has 2 aromatic rings. The highest BCUT2D eigenvalue weighted by molar-refractivity contribution is 5.56. The molecule has 0 atom stereocenters. The van der Waals surface area contributed by atoms with Crippen LogP contribution < -0.4 is 4.81 Å². The van der Waals surface area contributed by atoms with Gasteiger partial charge >= 0.3 is 0 Å². The van der Waals surface area contributed by atoms with Crippen LogP contribution in [0.1, 0.15) is 0 Å². The van der Waals surface area contributed by atoms with E-state index in [1.807, 2.05) is 36.4 Å². The summed E-state index contributed by atoms with van der Waals surface area (Å²) in [6.45, 7) is 0. The van der Waals surface area contributed by atoms with E-state index in [1.54, 1.807) is 24.3 Å². The van der Waals surface area contributed by atoms with Crippen molar-refractivity contribution in [1.82, 2.24) is 4.81 Å². The van der Waals surface area contributed by atoms with Crippen molar-refractivity contribution in [2.24, 2.45) is 0 Å². The molecule has 3 nitrogen and oxygen atoms in total. The standard InChI is InChI=1S/C13H13NO2/c1-16-14(15,12-8-4-2-5-9-12)13-10-6-3-7-11-13/h2-11H,1H3. The molecule has 0 N–H and O–H groups in total. The molecular weight excluding hydrogens is 202 g/mol. The van der Waals surface area contributed by atoms with Gasteiger partial charge in [-0.2, -0.15) is 4.84 Å². The van der Waals surface area contributed by atoms with Gasteiger partial charge in [0, 0.05) is 24.3 Å². The Kier molecular flexibility index (Phi) is 3.01. The number of quaternary nitrogens is 1. The van der Waals surface area contributed by atoms with Crippen LogP contribution >= 0.6 is 0 Å². The Morgan fingerprint density at radius 1 is 0.812 bits per heavy atom. The Bertz CT molecular complexity index is 403. The molecule has 2 aromatic carbocycles. The largest absolute Gasteiger partial charge is 0.588 e. The van der Waals surface area contributed by atoms with E-state index >= 15 is 0 Å². The molecule has 0 heterocycles. The Hall–Kier alpha value is -1.68. The van der Waals surface area contributed by atoms with Crippen LogP contribution in [0.15, 0.2) is 60.7 Å². The molecule has 0 aromatic heterocycles. The fourth-order valence-corrected chi connectivity index (χ4v) is 1.61. The van der Waals surface area contributed by atoms with Crippen molar-refractivity contribution in [3.05, 3.63) is 65.9 Å². The molecule has 0 amide bonds. The topological polar surface area (TPSA) is 32.3 Å². The highest BCUT2D eigenvalue weighted by Crippen LogP contribution is 2.32. The van der Waals surface area contributed by atoms with Crippen LogP contribution in [0.4, 0.5) is 11.4 Å². The lowest BCUT2D eigenvalue weighted by molar-refractivity contribution is -0.0285. The quantitative estimate of drug-likeness (QED) is 0.580. The Balaban J connectivity index is 2.49. The Labute approximate surface area is 94.6 Å². The van der Waals surface area contributed by atoms with Gasteiger partial charge in [0.1, 0.15) is 0 Å². The second kappa shape index (κ2) is 4.45. The number of benzene rings is 2. The fourth-order valence-electron chi connectivity index (χ4n) is 1.61. The van der Waals surface area contributed by atoms with Gasteiger partial charge in [0.2, 0.25) is 0 Å². The van der Waals surface area contributed by atoms with Crippen molar-refractivity contribution in [3.63, 3.8) is 0 Å². The van der Waals surface area contributed by atoms with Gasteiger partial charge < -0.3 is 5.21 Å². The molecule has 0 fully saturated rings. The van der Waals surface area contributed by atoms with Crippen molar-refractivity contribution in [2.45, 2.75) is 0 Å². The zero-order valence-electron chi connectivity index (χ0n) is 9.04. The summed E-state index contributed by atoms with van der Waals surface area (Å²) < 4.78 is 0. The average molecular weight is 215 g/mol. The zero-order valence-corrected chi connectivity index (χ0v) is 9.04. The molecule has 16 heavy (non-hydrogen) atoms. The molecule has 0 saturated heterocycles. The van der Waals surface area contributed by atoms with E-state index in [-0.39, 0.29) is 0 Å². The van der Waals surface area contributed by atoms with Crippen molar-refractivity contribution >= 4 is 11.4 Å². The minimum atomic E-state index is -0.901. The third-order valence-electron chi connectivity index (χ3n) is 2.45. The number of hydrogen-bond donors (Lipinski definition) is 0. The molecule has 0 bridgehead atoms. The lowest BCUT2D eigenvalue weighted by atomic mass is 10.2. The molecule has 0 saturated carbocycles. The lowest BCUT2D eigenvalue weighted by Gasteiger charge is -2.36. The highest BCUT2D eigenvalue weighted by Gasteiger charge is 2.23. The normalized spacial score (nSPS) is 11.4. The maximum Gasteiger partial charge on any atom is 0.171 e. The molecular formula is C13H13NO2. The maximum atomic E-state index is 12.6. The molecule has 0 radical (unpaired) electrons. The van der Waals surface area contributed by atoms with Gasteiger partial charge in [-0.1, -0.05) is 36.4 Å². The van der Waals surface area contributed by atoms with Crippen molar-refractivity contribution in [1.29, 1.82) is 0 Å². The van der Waals surface area contributed by atoms with Gasteiger partial charge in [-0.15, -0.1) is 4.81 Å². The summed E-state index contributed by atoms with van der Waals surface area (Å²) in [4.78, 5) is 4.19. The third kappa shape index (κ3) is 1.84. The van der Waals surface area contributed by atoms with Gasteiger partial charge in [-0.25, -0.2) is 0 Å². The summed E-state index contributed by atoms with van der Waals surface area (Å²) in [6, 6.07) is 18.0. The van der Waals surface area contributed by atoms with E-state index in [1.165, 1.54) is 7.11 Å². The molecule has 0 aliphatic heterocycles. The number of rotatable bonds is 3. The molecule has 0 spiro atoms. The zero-order chi connectivity index (χ0) is 11.4. The van der Waals surface area contributed by atoms with Crippen LogP contribution in [0.5, 0.6) is 0 Å². The number of hydrogen-bond acceptors (Lipinski definition) is 2. The Morgan fingerprint density at radius 3 is 1.50 bits per heavy atom. The van der Waals surface area contributed by atoms with E-state index in [4.69, 9.17) is 4.84 Å². The van der Waals surface area contributed by atoms with Gasteiger partial charge in [0.25, 0.3) is 0 Å². The average Bonchev–Trinajstić information content (AvgIpc) is 2.40. The highest BCUT2D eigenvalue weighted by atomic mass is 16.9. The van der Waals surface area contributed by atoms with E-state index in [0.717, 1.165) is 0 Å². The molecule has 3 heteroatoms. The van der Waals surface area contributed by atoms with Gasteiger partial charge in [0.05, 0.1) is 7.11 Å². The van der Waals surface area contributed by atoms with E-state index in [2.05, 4.69) is 0 Å². The van der Waals surface area contributed by atoms with Crippen molar-refractivity contribution in [3.8, 4) is 0 Å². The van der Waals surface area contributed by atoms with Gasteiger partial charge in [-0.05, 0) is 0 Å². The van der Waals surface area contributed by atoms with Crippen LogP contribution in [-0.2, 0) is 4.84 Å². The molecule has 0 unspecified atom stereocenters. The van der Waals surface area contributed by atoms with Crippen LogP contribution in [0, 0.1) is 5.21 Å². The first-order valence-electron chi connectivity index (χ1n) is 5.04. The summed E-state index contributed by atoms with van der Waals surface area (Å²) in [7, 11) is 1.41. The summed E-state index contributed by atoms with van der Waals surface area (Å²) in [5.74, 6) is 0. The van der Waals surface area contributed by atoms with E-state index in [9.17, 15) is 5.21 Å². The predicted octanol–water partition coefficient (Wildman–Crippen LogP) is 3.38. The van der Waals surface area contributed by atoms with E-state index < -0.39 is 4.81 Å². The predicted molar refractivity (Wildman–Crippen MR) is 64.7 cm³/mol. The van der Waals surface area contributed by atoms with Crippen molar-refractivity contribution in [2.75, 3.05) is 7.11 Å². The first-order chi connectivity index (χ1) is 7.77. The maximum absolute atomic E-state index is 12.6. The minimum Gasteiger partial charge on any atom is -0.588 e. The first-order valence-corrected chi connectivity index (χ1v) is 5.04. The van der Waals surface area contributed by atoms with Crippen LogP contribution in [0.2, 0.25) is 0 Å². The SMILES string of the molecule is CO[N+]([O-])(c1ccccc1)c1ccccc1. The van der Waals surface area contributed by atoms with Gasteiger partial charge in [0.15, 0.2) is 11.4 Å². The first kappa shape index (κ1) is 10.8. The van der Waals surface area contributed by atoms with Crippen LogP contribution in [0.25, 0.3) is 0 Å². The molecule has 82 valence electrons. The Morgan fingerprint density at radius 2 is 1.19 bits per heavy atom. The second-order valence-corrected chi connectivity index (χ2v) is 3.41. The number of para-hydroxylation sites is 2. The lowest BCUT2D eigenvalue weighted by Crippen LogP contribution is -2.35. The van der Waals surface area contributed by atoms with Crippen LogP contribution in [-0.4, -0.2) is 7.11 Å². The second-order valence-electron chi connectivity index (χ2n) is 3.41. The summed E-state index contributed by atoms with van der Waals surface area (Å²) >= 11 is 0. The smallest absolute Gasteiger partial charge is 0.171 e. The summed E-state index contributed by atoms with van der Waals surface area (Å²) in [6.07, 6.45) is 0. The minimum absolute atomic E-state index is 0.552.